The highest BCUT2D eigenvalue weighted by Crippen LogP contribution is 2.36. The molecule has 156 valence electrons. The monoisotopic (exact) mass is 417 g/mol. The third-order valence-electron chi connectivity index (χ3n) is 5.21. The smallest absolute Gasteiger partial charge is 0.325 e. The highest BCUT2D eigenvalue weighted by Gasteiger charge is 2.53. The highest BCUT2D eigenvalue weighted by molar-refractivity contribution is 6.09. The fourth-order valence-corrected chi connectivity index (χ4v) is 3.68. The van der Waals surface area contributed by atoms with Crippen LogP contribution in [0.4, 0.5) is 14.9 Å². The van der Waals surface area contributed by atoms with Crippen molar-refractivity contribution in [3.05, 3.63) is 102 Å². The Morgan fingerprint density at radius 2 is 1.42 bits per heavy atom. The van der Waals surface area contributed by atoms with Crippen LogP contribution in [0.3, 0.4) is 0 Å². The van der Waals surface area contributed by atoms with E-state index in [1.165, 1.54) is 24.3 Å². The fourth-order valence-electron chi connectivity index (χ4n) is 3.68. The summed E-state index contributed by atoms with van der Waals surface area (Å²) < 4.78 is 13.0. The van der Waals surface area contributed by atoms with E-state index in [0.717, 1.165) is 4.90 Å². The fraction of sp³-hybridized carbons (Fsp3) is 0.125. The van der Waals surface area contributed by atoms with Crippen molar-refractivity contribution >= 4 is 23.5 Å². The number of urea groups is 1. The van der Waals surface area contributed by atoms with Gasteiger partial charge in [0.1, 0.15) is 5.82 Å². The van der Waals surface area contributed by atoms with E-state index < -0.39 is 23.3 Å². The van der Waals surface area contributed by atoms with Crippen molar-refractivity contribution in [2.75, 3.05) is 11.9 Å². The zero-order chi connectivity index (χ0) is 21.8. The average molecular weight is 417 g/mol. The van der Waals surface area contributed by atoms with Gasteiger partial charge in [-0.2, -0.15) is 0 Å². The first-order valence-corrected chi connectivity index (χ1v) is 9.81. The molecule has 0 aliphatic carbocycles. The van der Waals surface area contributed by atoms with Crippen LogP contribution in [0.2, 0.25) is 0 Å². The van der Waals surface area contributed by atoms with Crippen molar-refractivity contribution < 1.29 is 18.8 Å². The number of carbonyl (C=O) groups excluding carboxylic acids is 3. The Bertz CT molecular complexity index is 1060. The van der Waals surface area contributed by atoms with Gasteiger partial charge in [-0.25, -0.2) is 9.18 Å². The number of hydrogen-bond donors (Lipinski definition) is 2. The maximum absolute atomic E-state index is 13.5. The first-order chi connectivity index (χ1) is 15.0. The van der Waals surface area contributed by atoms with Gasteiger partial charge in [-0.1, -0.05) is 60.7 Å². The van der Waals surface area contributed by atoms with Gasteiger partial charge in [-0.15, -0.1) is 0 Å². The molecule has 1 aliphatic rings. The lowest BCUT2D eigenvalue weighted by Crippen LogP contribution is -2.45. The van der Waals surface area contributed by atoms with Gasteiger partial charge in [-0.3, -0.25) is 14.5 Å². The Labute approximate surface area is 178 Å². The van der Waals surface area contributed by atoms with Gasteiger partial charge in [-0.05, 0) is 35.4 Å². The second-order valence-corrected chi connectivity index (χ2v) is 7.17. The molecular formula is C24H20FN3O3. The molecule has 6 nitrogen and oxygen atoms in total. The van der Waals surface area contributed by atoms with Crippen molar-refractivity contribution in [3.63, 3.8) is 0 Å². The van der Waals surface area contributed by atoms with Gasteiger partial charge < -0.3 is 10.6 Å². The molecule has 3 aromatic carbocycles. The minimum Gasteiger partial charge on any atom is -0.326 e. The molecule has 1 fully saturated rings. The van der Waals surface area contributed by atoms with E-state index in [0.29, 0.717) is 16.8 Å². The average Bonchev–Trinajstić information content (AvgIpc) is 3.05. The first-order valence-electron chi connectivity index (χ1n) is 9.81. The maximum atomic E-state index is 13.5. The van der Waals surface area contributed by atoms with E-state index >= 15 is 0 Å². The Morgan fingerprint density at radius 1 is 0.871 bits per heavy atom. The Kier molecular flexibility index (Phi) is 5.49. The SMILES string of the molecule is O=C(CCN1C(=O)NC(c2ccccc2)(c2ccccc2)C1=O)Nc1ccc(F)cc1. The molecule has 2 N–H and O–H groups in total. The third kappa shape index (κ3) is 3.90. The molecule has 0 aromatic heterocycles. The Balaban J connectivity index is 1.55. The van der Waals surface area contributed by atoms with Gasteiger partial charge in [0.2, 0.25) is 5.91 Å². The van der Waals surface area contributed by atoms with E-state index in [-0.39, 0.29) is 18.9 Å². The minimum absolute atomic E-state index is 0.0842. The number of rotatable bonds is 6. The summed E-state index contributed by atoms with van der Waals surface area (Å²) in [7, 11) is 0. The number of carbonyl (C=O) groups is 3. The molecule has 1 saturated heterocycles. The first kappa shape index (κ1) is 20.3. The lowest BCUT2D eigenvalue weighted by molar-refractivity contribution is -0.130. The molecule has 0 radical (unpaired) electrons. The summed E-state index contributed by atoms with van der Waals surface area (Å²) in [4.78, 5) is 39.6. The van der Waals surface area contributed by atoms with E-state index in [2.05, 4.69) is 10.6 Å². The molecule has 1 aliphatic heterocycles. The molecular weight excluding hydrogens is 397 g/mol. The predicted molar refractivity (Wildman–Crippen MR) is 114 cm³/mol. The molecule has 0 bridgehead atoms. The van der Waals surface area contributed by atoms with Crippen LogP contribution < -0.4 is 10.6 Å². The summed E-state index contributed by atoms with van der Waals surface area (Å²) in [5, 5.41) is 5.48. The summed E-state index contributed by atoms with van der Waals surface area (Å²) in [5.74, 6) is -1.23. The largest absolute Gasteiger partial charge is 0.326 e. The highest BCUT2D eigenvalue weighted by atomic mass is 19.1. The zero-order valence-electron chi connectivity index (χ0n) is 16.5. The lowest BCUT2D eigenvalue weighted by Gasteiger charge is -2.28. The van der Waals surface area contributed by atoms with Crippen LogP contribution in [0, 0.1) is 5.82 Å². The van der Waals surface area contributed by atoms with Crippen LogP contribution in [0.15, 0.2) is 84.9 Å². The van der Waals surface area contributed by atoms with E-state index in [1.807, 2.05) is 12.1 Å². The van der Waals surface area contributed by atoms with Gasteiger partial charge in [0, 0.05) is 18.7 Å². The molecule has 1 heterocycles. The molecule has 31 heavy (non-hydrogen) atoms. The summed E-state index contributed by atoms with van der Waals surface area (Å²) in [5.41, 5.74) is 0.356. The van der Waals surface area contributed by atoms with Gasteiger partial charge in [0.25, 0.3) is 5.91 Å². The molecule has 0 atom stereocenters. The van der Waals surface area contributed by atoms with Crippen LogP contribution in [-0.2, 0) is 15.1 Å². The lowest BCUT2D eigenvalue weighted by atomic mass is 9.82. The second-order valence-electron chi connectivity index (χ2n) is 7.17. The summed E-state index contributed by atoms with van der Waals surface area (Å²) in [6.45, 7) is -0.0842. The minimum atomic E-state index is -1.35. The van der Waals surface area contributed by atoms with Crippen LogP contribution >= 0.6 is 0 Å². The zero-order valence-corrected chi connectivity index (χ0v) is 16.5. The van der Waals surface area contributed by atoms with Crippen LogP contribution in [-0.4, -0.2) is 29.3 Å². The molecule has 4 amide bonds. The van der Waals surface area contributed by atoms with E-state index in [4.69, 9.17) is 0 Å². The van der Waals surface area contributed by atoms with Crippen LogP contribution in [0.1, 0.15) is 17.5 Å². The summed E-state index contributed by atoms with van der Waals surface area (Å²) in [6, 6.07) is 22.8. The quantitative estimate of drug-likeness (QED) is 0.601. The van der Waals surface area contributed by atoms with Crippen molar-refractivity contribution in [1.82, 2.24) is 10.2 Å². The third-order valence-corrected chi connectivity index (χ3v) is 5.21. The number of nitrogens with zero attached hydrogens (tertiary/aromatic N) is 1. The van der Waals surface area contributed by atoms with Crippen molar-refractivity contribution in [3.8, 4) is 0 Å². The molecule has 0 spiro atoms. The van der Waals surface area contributed by atoms with Crippen molar-refractivity contribution in [1.29, 1.82) is 0 Å². The Hall–Kier alpha value is -4.00. The number of benzene rings is 3. The van der Waals surface area contributed by atoms with Crippen LogP contribution in [0.25, 0.3) is 0 Å². The van der Waals surface area contributed by atoms with Crippen molar-refractivity contribution in [2.24, 2.45) is 0 Å². The predicted octanol–water partition coefficient (Wildman–Crippen LogP) is 3.65. The van der Waals surface area contributed by atoms with Crippen molar-refractivity contribution in [2.45, 2.75) is 12.0 Å². The molecule has 0 unspecified atom stereocenters. The number of anilines is 1. The number of hydrogen-bond acceptors (Lipinski definition) is 3. The number of nitrogens with one attached hydrogen (secondary N) is 2. The standard InChI is InChI=1S/C24H20FN3O3/c25-19-11-13-20(14-12-19)26-21(29)15-16-28-22(30)24(27-23(28)31,17-7-3-1-4-8-17)18-9-5-2-6-10-18/h1-14H,15-16H2,(H,26,29)(H,27,31). The second kappa shape index (κ2) is 8.39. The normalized spacial score (nSPS) is 14.9. The number of imide groups is 1. The van der Waals surface area contributed by atoms with E-state index in [1.54, 1.807) is 48.5 Å². The molecule has 0 saturated carbocycles. The van der Waals surface area contributed by atoms with Gasteiger partial charge >= 0.3 is 6.03 Å². The van der Waals surface area contributed by atoms with Gasteiger partial charge in [0.15, 0.2) is 5.54 Å². The number of halogens is 1. The topological polar surface area (TPSA) is 78.5 Å². The van der Waals surface area contributed by atoms with E-state index in [9.17, 15) is 18.8 Å². The number of amides is 4. The maximum Gasteiger partial charge on any atom is 0.325 e. The Morgan fingerprint density at radius 3 is 1.97 bits per heavy atom. The van der Waals surface area contributed by atoms with Crippen LogP contribution in [0.5, 0.6) is 0 Å². The summed E-state index contributed by atoms with van der Waals surface area (Å²) >= 11 is 0. The molecule has 7 heteroatoms. The summed E-state index contributed by atoms with van der Waals surface area (Å²) in [6.07, 6.45) is -0.0871. The molecule has 3 aromatic rings. The van der Waals surface area contributed by atoms with Gasteiger partial charge in [0.05, 0.1) is 0 Å². The molecule has 4 rings (SSSR count).